The zero-order valence-corrected chi connectivity index (χ0v) is 14.4. The van der Waals surface area contributed by atoms with Gasteiger partial charge in [0.1, 0.15) is 5.75 Å². The van der Waals surface area contributed by atoms with Crippen LogP contribution >= 0.6 is 23.4 Å². The molecule has 1 aromatic carbocycles. The molecule has 0 aromatic heterocycles. The topological polar surface area (TPSA) is 18.5 Å². The normalized spacial score (nSPS) is 30.6. The molecule has 1 aromatic rings. The first-order chi connectivity index (χ1) is 10.7. The molecule has 0 bridgehead atoms. The summed E-state index contributed by atoms with van der Waals surface area (Å²) in [7, 11) is 1.69. The summed E-state index contributed by atoms with van der Waals surface area (Å²) >= 11 is 8.20. The number of hydrogen-bond donors (Lipinski definition) is 0. The lowest BCUT2D eigenvalue weighted by atomic mass is 9.90. The van der Waals surface area contributed by atoms with Gasteiger partial charge in [-0.1, -0.05) is 42.8 Å². The number of thioether (sulfide) groups is 1. The smallest absolute Gasteiger partial charge is 0.119 e. The summed E-state index contributed by atoms with van der Waals surface area (Å²) in [6, 6.07) is 8.06. The number of hydrogen-bond acceptors (Lipinski definition) is 3. The number of rotatable bonds is 4. The molecule has 0 radical (unpaired) electrons. The number of methoxy groups -OCH3 is 1. The van der Waals surface area contributed by atoms with E-state index in [4.69, 9.17) is 21.1 Å². The Morgan fingerprint density at radius 2 is 2.23 bits per heavy atom. The average molecular weight is 337 g/mol. The van der Waals surface area contributed by atoms with Crippen molar-refractivity contribution in [3.8, 4) is 5.75 Å². The molecular formula is C18H21ClO2S. The van der Waals surface area contributed by atoms with Gasteiger partial charge in [-0.2, -0.15) is 11.8 Å². The second-order valence-electron chi connectivity index (χ2n) is 5.84. The summed E-state index contributed by atoms with van der Waals surface area (Å²) in [5.41, 5.74) is 1.14. The van der Waals surface area contributed by atoms with E-state index in [0.29, 0.717) is 23.0 Å². The maximum absolute atomic E-state index is 6.25. The highest BCUT2D eigenvalue weighted by atomic mass is 35.5. The third kappa shape index (κ3) is 3.70. The van der Waals surface area contributed by atoms with Crippen LogP contribution in [0.25, 0.3) is 0 Å². The van der Waals surface area contributed by atoms with Crippen LogP contribution < -0.4 is 4.74 Å². The van der Waals surface area contributed by atoms with Gasteiger partial charge in [-0.15, -0.1) is 0 Å². The number of ether oxygens (including phenoxy) is 2. The first-order valence-corrected chi connectivity index (χ1v) is 8.93. The molecule has 1 fully saturated rings. The molecule has 0 spiro atoms. The van der Waals surface area contributed by atoms with Gasteiger partial charge in [0.25, 0.3) is 0 Å². The highest BCUT2D eigenvalue weighted by Crippen LogP contribution is 2.42. The van der Waals surface area contributed by atoms with Gasteiger partial charge in [0.2, 0.25) is 0 Å². The van der Waals surface area contributed by atoms with Crippen molar-refractivity contribution in [3.63, 3.8) is 0 Å². The lowest BCUT2D eigenvalue weighted by Crippen LogP contribution is -2.38. The van der Waals surface area contributed by atoms with Gasteiger partial charge in [-0.05, 0) is 30.2 Å². The fourth-order valence-corrected chi connectivity index (χ4v) is 4.72. The minimum atomic E-state index is 0.214. The molecule has 22 heavy (non-hydrogen) atoms. The lowest BCUT2D eigenvalue weighted by Gasteiger charge is -2.39. The summed E-state index contributed by atoms with van der Waals surface area (Å²) < 4.78 is 11.5. The Bertz CT molecular complexity index is 584. The van der Waals surface area contributed by atoms with Gasteiger partial charge in [-0.3, -0.25) is 0 Å². The second kappa shape index (κ2) is 7.12. The SMILES string of the molecule is COc1cccc(CO[C@@H]2C[C@@H](C)S[C@@H]3C=CC(Cl)=C[C@@H]23)c1. The predicted octanol–water partition coefficient (Wildman–Crippen LogP) is 4.78. The molecule has 1 aliphatic heterocycles. The van der Waals surface area contributed by atoms with E-state index < -0.39 is 0 Å². The molecule has 4 heteroatoms. The Balaban J connectivity index is 1.68. The monoisotopic (exact) mass is 336 g/mol. The largest absolute Gasteiger partial charge is 0.497 e. The summed E-state index contributed by atoms with van der Waals surface area (Å²) in [5, 5.41) is 1.90. The van der Waals surface area contributed by atoms with Crippen molar-refractivity contribution in [2.45, 2.75) is 36.6 Å². The van der Waals surface area contributed by atoms with Gasteiger partial charge < -0.3 is 9.47 Å². The van der Waals surface area contributed by atoms with E-state index in [-0.39, 0.29) is 6.10 Å². The van der Waals surface area contributed by atoms with Crippen LogP contribution in [0.4, 0.5) is 0 Å². The van der Waals surface area contributed by atoms with E-state index in [0.717, 1.165) is 22.8 Å². The van der Waals surface area contributed by atoms with Crippen molar-refractivity contribution >= 4 is 23.4 Å². The molecule has 3 rings (SSSR count). The summed E-state index contributed by atoms with van der Waals surface area (Å²) in [4.78, 5) is 0. The highest BCUT2D eigenvalue weighted by Gasteiger charge is 2.36. The Morgan fingerprint density at radius 3 is 3.05 bits per heavy atom. The third-order valence-electron chi connectivity index (χ3n) is 4.16. The van der Waals surface area contributed by atoms with Crippen LogP contribution in [0.2, 0.25) is 0 Å². The van der Waals surface area contributed by atoms with Crippen molar-refractivity contribution in [1.29, 1.82) is 0 Å². The number of allylic oxidation sites excluding steroid dienone is 2. The maximum Gasteiger partial charge on any atom is 0.119 e. The first-order valence-electron chi connectivity index (χ1n) is 7.61. The van der Waals surface area contributed by atoms with Crippen molar-refractivity contribution in [1.82, 2.24) is 0 Å². The summed E-state index contributed by atoms with van der Waals surface area (Å²) in [6.45, 7) is 2.88. The predicted molar refractivity (Wildman–Crippen MR) is 93.6 cm³/mol. The minimum Gasteiger partial charge on any atom is -0.497 e. The van der Waals surface area contributed by atoms with Crippen LogP contribution in [-0.2, 0) is 11.3 Å². The molecule has 0 N–H and O–H groups in total. The molecule has 0 unspecified atom stereocenters. The van der Waals surface area contributed by atoms with Crippen molar-refractivity contribution < 1.29 is 9.47 Å². The highest BCUT2D eigenvalue weighted by molar-refractivity contribution is 8.00. The fourth-order valence-electron chi connectivity index (χ4n) is 3.06. The standard InChI is InChI=1S/C18H21ClO2S/c1-12-8-17(16-10-14(19)6-7-18(16)22-12)21-11-13-4-3-5-15(9-13)20-2/h3-7,9-10,12,16-18H,8,11H2,1-2H3/t12-,16+,17-,18-/m1/s1. The van der Waals surface area contributed by atoms with Gasteiger partial charge in [0.15, 0.2) is 0 Å². The number of benzene rings is 1. The molecule has 118 valence electrons. The minimum absolute atomic E-state index is 0.214. The zero-order valence-electron chi connectivity index (χ0n) is 12.9. The van der Waals surface area contributed by atoms with Crippen molar-refractivity contribution in [2.75, 3.05) is 7.11 Å². The van der Waals surface area contributed by atoms with Gasteiger partial charge in [-0.25, -0.2) is 0 Å². The van der Waals surface area contributed by atoms with Gasteiger partial charge >= 0.3 is 0 Å². The molecule has 0 amide bonds. The Hall–Kier alpha value is -0.900. The fraction of sp³-hybridized carbons (Fsp3) is 0.444. The van der Waals surface area contributed by atoms with Crippen LogP contribution in [0, 0.1) is 5.92 Å². The van der Waals surface area contributed by atoms with Crippen LogP contribution in [0.3, 0.4) is 0 Å². The first kappa shape index (κ1) is 16.0. The Morgan fingerprint density at radius 1 is 1.36 bits per heavy atom. The van der Waals surface area contributed by atoms with Crippen molar-refractivity contribution in [2.24, 2.45) is 5.92 Å². The Labute approximate surface area is 141 Å². The average Bonchev–Trinajstić information content (AvgIpc) is 2.53. The van der Waals surface area contributed by atoms with Crippen LogP contribution in [0.1, 0.15) is 18.9 Å². The molecule has 2 nitrogen and oxygen atoms in total. The molecule has 1 heterocycles. The summed E-state index contributed by atoms with van der Waals surface area (Å²) in [5.74, 6) is 1.24. The van der Waals surface area contributed by atoms with E-state index in [9.17, 15) is 0 Å². The van der Waals surface area contributed by atoms with E-state index in [2.05, 4.69) is 25.1 Å². The maximum atomic E-state index is 6.25. The molecule has 0 saturated carbocycles. The van der Waals surface area contributed by atoms with Crippen LogP contribution in [-0.4, -0.2) is 23.7 Å². The molecular weight excluding hydrogens is 316 g/mol. The van der Waals surface area contributed by atoms with Gasteiger partial charge in [0, 0.05) is 21.5 Å². The van der Waals surface area contributed by atoms with E-state index in [1.54, 1.807) is 7.11 Å². The van der Waals surface area contributed by atoms with Crippen LogP contribution in [0.15, 0.2) is 47.5 Å². The number of fused-ring (bicyclic) bond motifs is 1. The van der Waals surface area contributed by atoms with Crippen LogP contribution in [0.5, 0.6) is 5.75 Å². The molecule has 4 atom stereocenters. The van der Waals surface area contributed by atoms with Gasteiger partial charge in [0.05, 0.1) is 19.8 Å². The Kier molecular flexibility index (Phi) is 5.17. The molecule has 1 saturated heterocycles. The summed E-state index contributed by atoms with van der Waals surface area (Å²) in [6.07, 6.45) is 7.65. The zero-order chi connectivity index (χ0) is 15.5. The molecule has 1 aliphatic carbocycles. The second-order valence-corrected chi connectivity index (χ2v) is 7.89. The number of halogens is 1. The van der Waals surface area contributed by atoms with E-state index in [1.807, 2.05) is 36.0 Å². The quantitative estimate of drug-likeness (QED) is 0.788. The third-order valence-corrected chi connectivity index (χ3v) is 5.85. The van der Waals surface area contributed by atoms with Crippen molar-refractivity contribution in [3.05, 3.63) is 53.1 Å². The van der Waals surface area contributed by atoms with E-state index in [1.165, 1.54) is 0 Å². The molecule has 2 aliphatic rings. The lowest BCUT2D eigenvalue weighted by molar-refractivity contribution is 0.00709. The van der Waals surface area contributed by atoms with E-state index >= 15 is 0 Å².